The molecule has 0 atom stereocenters. The number of methoxy groups -OCH3 is 1. The van der Waals surface area contributed by atoms with E-state index in [2.05, 4.69) is 6.08 Å². The lowest BCUT2D eigenvalue weighted by Gasteiger charge is -2.10. The van der Waals surface area contributed by atoms with E-state index in [9.17, 15) is 4.79 Å². The van der Waals surface area contributed by atoms with Gasteiger partial charge in [0.25, 0.3) is 0 Å². The number of Topliss-reactive ketones (excluding diaryl/α,β-unsaturated/α-hetero) is 1. The number of carbonyl (C=O) groups excluding carboxylic acids is 1. The third kappa shape index (κ3) is 2.97. The van der Waals surface area contributed by atoms with Crippen molar-refractivity contribution in [3.8, 4) is 5.75 Å². The summed E-state index contributed by atoms with van der Waals surface area (Å²) >= 11 is 1.47. The number of ketones is 1. The molecule has 1 aliphatic rings. The molecule has 0 radical (unpaired) electrons. The Morgan fingerprint density at radius 3 is 2.94 bits per heavy atom. The van der Waals surface area contributed by atoms with E-state index in [1.807, 2.05) is 11.4 Å². The summed E-state index contributed by atoms with van der Waals surface area (Å²) in [6.45, 7) is 0. The fourth-order valence-corrected chi connectivity index (χ4v) is 3.00. The van der Waals surface area contributed by atoms with Crippen molar-refractivity contribution >= 4 is 17.1 Å². The summed E-state index contributed by atoms with van der Waals surface area (Å²) in [7, 11) is 1.62. The summed E-state index contributed by atoms with van der Waals surface area (Å²) in [5.74, 6) is 0.877. The van der Waals surface area contributed by atoms with Gasteiger partial charge in [0.05, 0.1) is 7.11 Å². The molecule has 92 valence electrons. The largest absolute Gasteiger partial charge is 0.495 e. The minimum Gasteiger partial charge on any atom is -0.495 e. The first-order valence-electron chi connectivity index (χ1n) is 6.18. The Balaban J connectivity index is 2.18. The average molecular weight is 250 g/mol. The van der Waals surface area contributed by atoms with E-state index in [0.717, 1.165) is 29.7 Å². The molecule has 1 aromatic rings. The van der Waals surface area contributed by atoms with Gasteiger partial charge in [-0.2, -0.15) is 0 Å². The summed E-state index contributed by atoms with van der Waals surface area (Å²) < 4.78 is 5.22. The topological polar surface area (TPSA) is 26.3 Å². The Morgan fingerprint density at radius 2 is 2.12 bits per heavy atom. The molecular weight excluding hydrogens is 232 g/mol. The molecule has 0 N–H and O–H groups in total. The highest BCUT2D eigenvalue weighted by Crippen LogP contribution is 2.29. The van der Waals surface area contributed by atoms with Crippen molar-refractivity contribution in [2.75, 3.05) is 7.11 Å². The van der Waals surface area contributed by atoms with Crippen LogP contribution in [-0.2, 0) is 0 Å². The second-order valence-corrected chi connectivity index (χ2v) is 5.25. The first-order chi connectivity index (χ1) is 8.33. The molecule has 0 amide bonds. The molecule has 0 fully saturated rings. The highest BCUT2D eigenvalue weighted by molar-refractivity contribution is 7.12. The number of hydrogen-bond acceptors (Lipinski definition) is 3. The first kappa shape index (κ1) is 12.4. The van der Waals surface area contributed by atoms with Gasteiger partial charge in [-0.15, -0.1) is 11.3 Å². The molecule has 1 heterocycles. The predicted octanol–water partition coefficient (Wildman–Crippen LogP) is 4.22. The maximum atomic E-state index is 12.4. The molecule has 0 bridgehead atoms. The highest BCUT2D eigenvalue weighted by Gasteiger charge is 2.18. The van der Waals surface area contributed by atoms with Gasteiger partial charge in [-0.1, -0.05) is 18.9 Å². The van der Waals surface area contributed by atoms with Crippen LogP contribution in [0.4, 0.5) is 0 Å². The number of rotatable bonds is 3. The van der Waals surface area contributed by atoms with E-state index < -0.39 is 0 Å². The standard InChI is InChI=1S/C14H18O2S/c1-16-12-9-10-17-14(12)13(15)11-7-5-3-2-4-6-8-11/h7,9-10H,2-6,8H2,1H3/b11-7+. The summed E-state index contributed by atoms with van der Waals surface area (Å²) in [6.07, 6.45) is 8.95. The third-order valence-electron chi connectivity index (χ3n) is 3.14. The number of thiophene rings is 1. The van der Waals surface area contributed by atoms with Crippen LogP contribution in [0.5, 0.6) is 5.75 Å². The SMILES string of the molecule is COc1ccsc1C(=O)/C1=C/CCCCCC1. The Morgan fingerprint density at radius 1 is 1.29 bits per heavy atom. The van der Waals surface area contributed by atoms with Gasteiger partial charge in [0, 0.05) is 0 Å². The van der Waals surface area contributed by atoms with Gasteiger partial charge in [-0.05, 0) is 42.7 Å². The van der Waals surface area contributed by atoms with Crippen molar-refractivity contribution in [3.63, 3.8) is 0 Å². The lowest BCUT2D eigenvalue weighted by atomic mass is 9.96. The van der Waals surface area contributed by atoms with E-state index in [0.29, 0.717) is 5.75 Å². The molecule has 0 aromatic carbocycles. The fraction of sp³-hybridized carbons (Fsp3) is 0.500. The van der Waals surface area contributed by atoms with Gasteiger partial charge in [-0.25, -0.2) is 0 Å². The Labute approximate surface area is 106 Å². The van der Waals surface area contributed by atoms with Crippen LogP contribution in [0.15, 0.2) is 23.1 Å². The van der Waals surface area contributed by atoms with Crippen molar-refractivity contribution in [2.45, 2.75) is 38.5 Å². The third-order valence-corrected chi connectivity index (χ3v) is 4.03. The van der Waals surface area contributed by atoms with Crippen molar-refractivity contribution in [1.29, 1.82) is 0 Å². The Bertz CT molecular complexity index is 418. The average Bonchev–Trinajstić information content (AvgIpc) is 2.75. The molecule has 1 aliphatic carbocycles. The molecule has 0 unspecified atom stereocenters. The molecule has 17 heavy (non-hydrogen) atoms. The van der Waals surface area contributed by atoms with Crippen LogP contribution < -0.4 is 4.74 Å². The zero-order valence-corrected chi connectivity index (χ0v) is 11.0. The minimum absolute atomic E-state index is 0.166. The van der Waals surface area contributed by atoms with Crippen LogP contribution in [0.3, 0.4) is 0 Å². The molecule has 3 heteroatoms. The van der Waals surface area contributed by atoms with Crippen molar-refractivity contribution < 1.29 is 9.53 Å². The molecular formula is C14H18O2S. The molecule has 2 nitrogen and oxygen atoms in total. The second-order valence-electron chi connectivity index (χ2n) is 4.33. The second kappa shape index (κ2) is 6.01. The quantitative estimate of drug-likeness (QED) is 0.751. The van der Waals surface area contributed by atoms with Crippen molar-refractivity contribution in [3.05, 3.63) is 28.0 Å². The molecule has 2 rings (SSSR count). The lowest BCUT2D eigenvalue weighted by Crippen LogP contribution is -2.04. The summed E-state index contributed by atoms with van der Waals surface area (Å²) in [4.78, 5) is 13.1. The number of ether oxygens (including phenoxy) is 1. The zero-order chi connectivity index (χ0) is 12.1. The molecule has 0 saturated carbocycles. The van der Waals surface area contributed by atoms with Gasteiger partial charge in [0.1, 0.15) is 10.6 Å². The van der Waals surface area contributed by atoms with Crippen LogP contribution in [0.25, 0.3) is 0 Å². The van der Waals surface area contributed by atoms with Crippen molar-refractivity contribution in [1.82, 2.24) is 0 Å². The normalized spacial score (nSPS) is 19.9. The maximum Gasteiger partial charge on any atom is 0.202 e. The van der Waals surface area contributed by atoms with E-state index in [1.54, 1.807) is 7.11 Å². The predicted molar refractivity (Wildman–Crippen MR) is 71.0 cm³/mol. The van der Waals surface area contributed by atoms with Crippen molar-refractivity contribution in [2.24, 2.45) is 0 Å². The molecule has 0 spiro atoms. The Hall–Kier alpha value is -1.09. The number of hydrogen-bond donors (Lipinski definition) is 0. The summed E-state index contributed by atoms with van der Waals surface area (Å²) in [5.41, 5.74) is 0.977. The van der Waals surface area contributed by atoms with Gasteiger partial charge in [0.2, 0.25) is 5.78 Å². The van der Waals surface area contributed by atoms with Gasteiger partial charge >= 0.3 is 0 Å². The zero-order valence-electron chi connectivity index (χ0n) is 10.2. The van der Waals surface area contributed by atoms with E-state index in [-0.39, 0.29) is 5.78 Å². The van der Waals surface area contributed by atoms with E-state index in [4.69, 9.17) is 4.74 Å². The monoisotopic (exact) mass is 250 g/mol. The molecule has 0 aliphatic heterocycles. The minimum atomic E-state index is 0.166. The molecule has 1 aromatic heterocycles. The highest BCUT2D eigenvalue weighted by atomic mass is 32.1. The van der Waals surface area contributed by atoms with Gasteiger partial charge in [-0.3, -0.25) is 4.79 Å². The Kier molecular flexibility index (Phi) is 4.37. The van der Waals surface area contributed by atoms with Crippen LogP contribution >= 0.6 is 11.3 Å². The smallest absolute Gasteiger partial charge is 0.202 e. The van der Waals surface area contributed by atoms with E-state index >= 15 is 0 Å². The van der Waals surface area contributed by atoms with Crippen LogP contribution in [0.1, 0.15) is 48.2 Å². The summed E-state index contributed by atoms with van der Waals surface area (Å²) in [5, 5.41) is 1.91. The van der Waals surface area contributed by atoms with Crippen LogP contribution in [0, 0.1) is 0 Å². The van der Waals surface area contributed by atoms with Gasteiger partial charge in [0.15, 0.2) is 0 Å². The van der Waals surface area contributed by atoms with E-state index in [1.165, 1.54) is 30.6 Å². The van der Waals surface area contributed by atoms with Crippen LogP contribution in [0.2, 0.25) is 0 Å². The lowest BCUT2D eigenvalue weighted by molar-refractivity contribution is 0.103. The number of allylic oxidation sites excluding steroid dienone is 2. The maximum absolute atomic E-state index is 12.4. The number of carbonyl (C=O) groups is 1. The summed E-state index contributed by atoms with van der Waals surface area (Å²) in [6, 6.07) is 1.86. The van der Waals surface area contributed by atoms with Gasteiger partial charge < -0.3 is 4.74 Å². The van der Waals surface area contributed by atoms with Crippen LogP contribution in [-0.4, -0.2) is 12.9 Å². The fourth-order valence-electron chi connectivity index (χ4n) is 2.17. The molecule has 0 saturated heterocycles. The first-order valence-corrected chi connectivity index (χ1v) is 7.06.